The Bertz CT molecular complexity index is 3670. The van der Waals surface area contributed by atoms with E-state index in [0.717, 1.165) is 42.5 Å². The van der Waals surface area contributed by atoms with Gasteiger partial charge in [-0.1, -0.05) is 24.3 Å². The number of aromatic nitrogens is 3. The predicted octanol–water partition coefficient (Wildman–Crippen LogP) is 3.33. The molecule has 0 spiro atoms. The number of anilines is 4. The number of aromatic hydroxyl groups is 1. The monoisotopic (exact) mass is 1020 g/mol. The summed E-state index contributed by atoms with van der Waals surface area (Å²) in [6, 6.07) is 11.1. The molecule has 340 valence electrons. The first-order valence-corrected chi connectivity index (χ1v) is 25.6. The van der Waals surface area contributed by atoms with Gasteiger partial charge in [0.05, 0.1) is 27.8 Å². The number of hydrogen-bond donors (Lipinski definition) is 6. The van der Waals surface area contributed by atoms with Gasteiger partial charge >= 0.3 is 0 Å². The van der Waals surface area contributed by atoms with Crippen LogP contribution < -0.4 is 10.6 Å². The Morgan fingerprint density at radius 1 is 0.672 bits per heavy atom. The van der Waals surface area contributed by atoms with E-state index < -0.39 is 154 Å². The number of nitrogens with one attached hydrogen (secondary N) is 2. The Morgan fingerprint density at radius 2 is 1.31 bits per heavy atom. The third kappa shape index (κ3) is 10.8. The number of benzene rings is 5. The molecule has 1 aromatic heterocycles. The molecule has 0 aliphatic carbocycles. The molecule has 6 N–H and O–H groups in total. The second kappa shape index (κ2) is 17.1. The molecule has 0 aliphatic heterocycles. The topological polar surface area (TPSA) is 429 Å². The number of sulfone groups is 1. The number of nitrogens with zero attached hydrogens (tertiary/aromatic N) is 5. The van der Waals surface area contributed by atoms with E-state index in [1.165, 1.54) is 12.1 Å². The normalized spacial score (nSPS) is 13.2. The van der Waals surface area contributed by atoms with Crippen LogP contribution in [0.3, 0.4) is 0 Å². The van der Waals surface area contributed by atoms with Crippen molar-refractivity contribution in [3.05, 3.63) is 78.1 Å². The van der Waals surface area contributed by atoms with E-state index in [0.29, 0.717) is 18.2 Å². The maximum atomic E-state index is 12.7. The van der Waals surface area contributed by atoms with E-state index in [1.807, 2.05) is 0 Å². The number of hydrogen-bond acceptors (Lipinski definition) is 23. The lowest BCUT2D eigenvalue weighted by molar-refractivity contribution is 0.276. The number of halogens is 1. The summed E-state index contributed by atoms with van der Waals surface area (Å²) in [7, 11) is -30.7. The number of azo groups is 1. The largest absolute Gasteiger partial charge is 0.744 e. The van der Waals surface area contributed by atoms with Crippen molar-refractivity contribution in [1.82, 2.24) is 15.0 Å². The minimum atomic E-state index is -5.49. The first-order valence-electron chi connectivity index (χ1n) is 16.5. The first-order chi connectivity index (χ1) is 29.4. The van der Waals surface area contributed by atoms with Crippen molar-refractivity contribution in [3.63, 3.8) is 0 Å². The van der Waals surface area contributed by atoms with Crippen LogP contribution in [-0.2, 0) is 64.9 Å². The summed E-state index contributed by atoms with van der Waals surface area (Å²) in [4.78, 5) is 7.04. The van der Waals surface area contributed by atoms with Crippen LogP contribution in [0.2, 0.25) is 5.28 Å². The van der Waals surface area contributed by atoms with Gasteiger partial charge in [0, 0.05) is 21.8 Å². The average Bonchev–Trinajstić information content (AvgIpc) is 3.14. The van der Waals surface area contributed by atoms with E-state index in [4.69, 9.17) is 11.6 Å². The third-order valence-electron chi connectivity index (χ3n) is 8.32. The van der Waals surface area contributed by atoms with E-state index >= 15 is 0 Å². The van der Waals surface area contributed by atoms with E-state index in [1.54, 1.807) is 0 Å². The zero-order chi connectivity index (χ0) is 47.4. The Hall–Kier alpha value is -5.62. The number of phenols is 1. The summed E-state index contributed by atoms with van der Waals surface area (Å²) in [6.45, 7) is -0.993. The van der Waals surface area contributed by atoms with Gasteiger partial charge in [0.1, 0.15) is 36.2 Å². The minimum Gasteiger partial charge on any atom is -0.744 e. The summed E-state index contributed by atoms with van der Waals surface area (Å²) in [5.41, 5.74) is -2.64. The number of rotatable bonds is 15. The molecule has 0 saturated carbocycles. The van der Waals surface area contributed by atoms with Crippen molar-refractivity contribution < 1.29 is 82.6 Å². The molecule has 0 saturated heterocycles. The smallest absolute Gasteiger partial charge is 0.297 e. The second-order valence-corrected chi connectivity index (χ2v) is 21.6. The van der Waals surface area contributed by atoms with Gasteiger partial charge < -0.3 is 24.8 Å². The van der Waals surface area contributed by atoms with Crippen LogP contribution in [0.25, 0.3) is 21.5 Å². The Kier molecular flexibility index (Phi) is 12.8. The third-order valence-corrected chi connectivity index (χ3v) is 14.2. The SMILES string of the molecule is O=S(=O)([O-])OCCS(=O)(=O)c1cccc(Nc2nc(Cl)nc(Nc3cc(S(=O)(=O)[O-])cc4cc(S(=O)(=O)O)c(N=Nc5ccc6c(S(=O)(=O)O)cccc6c5S(=O)(=O)O)c(O)c34)n2)c1. The van der Waals surface area contributed by atoms with E-state index in [9.17, 15) is 78.4 Å². The van der Waals surface area contributed by atoms with Gasteiger partial charge in [-0.15, -0.1) is 10.2 Å². The van der Waals surface area contributed by atoms with Gasteiger partial charge in [0.2, 0.25) is 27.6 Å². The van der Waals surface area contributed by atoms with Crippen LogP contribution in [0.4, 0.5) is 34.6 Å². The van der Waals surface area contributed by atoms with Gasteiger partial charge in [-0.25, -0.2) is 25.3 Å². The maximum absolute atomic E-state index is 12.7. The first kappa shape index (κ1) is 47.8. The summed E-state index contributed by atoms with van der Waals surface area (Å²) < 4.78 is 203. The van der Waals surface area contributed by atoms with Gasteiger partial charge in [0.15, 0.2) is 15.6 Å². The number of fused-ring (bicyclic) bond motifs is 2. The molecular weight excluding hydrogens is 1000 g/mol. The lowest BCUT2D eigenvalue weighted by Crippen LogP contribution is -2.15. The molecule has 5 aromatic carbocycles. The Morgan fingerprint density at radius 3 is 1.92 bits per heavy atom. The fourth-order valence-electron chi connectivity index (χ4n) is 5.81. The molecule has 0 bridgehead atoms. The van der Waals surface area contributed by atoms with Gasteiger partial charge in [-0.2, -0.15) is 40.2 Å². The van der Waals surface area contributed by atoms with Gasteiger partial charge in [-0.05, 0) is 65.5 Å². The summed E-state index contributed by atoms with van der Waals surface area (Å²) in [5, 5.41) is 21.1. The summed E-state index contributed by atoms with van der Waals surface area (Å²) in [6.07, 6.45) is 0. The van der Waals surface area contributed by atoms with E-state index in [-0.39, 0.29) is 10.6 Å². The van der Waals surface area contributed by atoms with Crippen molar-refractivity contribution in [2.75, 3.05) is 23.0 Å². The van der Waals surface area contributed by atoms with Crippen molar-refractivity contribution in [2.45, 2.75) is 24.5 Å². The van der Waals surface area contributed by atoms with E-state index in [2.05, 4.69) is 40.0 Å². The molecule has 0 fully saturated rings. The van der Waals surface area contributed by atoms with Crippen molar-refractivity contribution in [2.24, 2.45) is 10.2 Å². The van der Waals surface area contributed by atoms with Crippen LogP contribution in [0.15, 0.2) is 108 Å². The fraction of sp³-hybridized carbons (Fsp3) is 0.0645. The van der Waals surface area contributed by atoms with Crippen molar-refractivity contribution >= 4 is 129 Å². The molecule has 1 heterocycles. The standard InChI is InChI=1S/C31H24ClN7O19S6/c32-29-35-30(33-16-3-1-4-17(13-16)59(41,42)10-9-58-64(55,56)57)37-31(36-29)34-22-14-18(60(43,44)45)11-15-12-24(62(49,50)51)26(27(40)25(15)22)39-38-21-8-7-19-20(28(21)63(52,53)54)5-2-6-23(19)61(46,47)48/h1-8,11-14,40H,9-10H2,(H,43,44,45)(H,46,47,48)(H,49,50,51)(H,52,53,54)(H,55,56,57)(H2,33,34,35,36,37)/p-2. The Labute approximate surface area is 365 Å². The molecule has 6 aromatic rings. The van der Waals surface area contributed by atoms with Gasteiger partial charge in [-0.3, -0.25) is 17.8 Å². The molecule has 0 aliphatic rings. The minimum absolute atomic E-state index is 0.0376. The highest BCUT2D eigenvalue weighted by atomic mass is 35.5. The van der Waals surface area contributed by atoms with Crippen LogP contribution in [-0.4, -0.2) is 106 Å². The Balaban J connectivity index is 1.48. The predicted molar refractivity (Wildman–Crippen MR) is 217 cm³/mol. The maximum Gasteiger partial charge on any atom is 0.297 e. The molecule has 0 atom stereocenters. The lowest BCUT2D eigenvalue weighted by atomic mass is 10.1. The summed E-state index contributed by atoms with van der Waals surface area (Å²) >= 11 is 6.09. The lowest BCUT2D eigenvalue weighted by Gasteiger charge is -2.17. The quantitative estimate of drug-likeness (QED) is 0.0488. The average molecular weight is 1020 g/mol. The van der Waals surface area contributed by atoms with Crippen LogP contribution in [0.1, 0.15) is 0 Å². The van der Waals surface area contributed by atoms with Crippen LogP contribution >= 0.6 is 11.6 Å². The molecule has 0 unspecified atom stereocenters. The van der Waals surface area contributed by atoms with Gasteiger partial charge in [0.25, 0.3) is 30.4 Å². The summed E-state index contributed by atoms with van der Waals surface area (Å²) in [5.74, 6) is -3.24. The second-order valence-electron chi connectivity index (χ2n) is 12.6. The molecule has 26 nitrogen and oxygen atoms in total. The molecule has 0 radical (unpaired) electrons. The highest BCUT2D eigenvalue weighted by molar-refractivity contribution is 7.91. The number of phenolic OH excluding ortho intramolecular Hbond substituents is 1. The van der Waals surface area contributed by atoms with Crippen molar-refractivity contribution in [1.29, 1.82) is 0 Å². The molecule has 6 rings (SSSR count). The fourth-order valence-corrected chi connectivity index (χ4v) is 10.2. The highest BCUT2D eigenvalue weighted by Crippen LogP contribution is 2.46. The highest BCUT2D eigenvalue weighted by Gasteiger charge is 2.27. The van der Waals surface area contributed by atoms with Crippen molar-refractivity contribution in [3.8, 4) is 5.75 Å². The molecular formula is C31H22ClN7O19S6-2. The van der Waals surface area contributed by atoms with Crippen LogP contribution in [0, 0.1) is 0 Å². The van der Waals surface area contributed by atoms with Crippen LogP contribution in [0.5, 0.6) is 5.75 Å². The molecule has 0 amide bonds. The molecule has 33 heteroatoms. The zero-order valence-corrected chi connectivity index (χ0v) is 36.5. The zero-order valence-electron chi connectivity index (χ0n) is 30.8. The molecule has 64 heavy (non-hydrogen) atoms.